The second-order valence-corrected chi connectivity index (χ2v) is 4.17. The lowest BCUT2D eigenvalue weighted by molar-refractivity contribution is 0.253. The van der Waals surface area contributed by atoms with E-state index < -0.39 is 0 Å². The van der Waals surface area contributed by atoms with Gasteiger partial charge in [-0.3, -0.25) is 4.57 Å². The van der Waals surface area contributed by atoms with E-state index in [4.69, 9.17) is 4.42 Å². The first kappa shape index (κ1) is 12.1. The maximum Gasteiger partial charge on any atom is 0.331 e. The maximum absolute atomic E-state index is 12.0. The van der Waals surface area contributed by atoms with Crippen molar-refractivity contribution in [2.24, 2.45) is 0 Å². The highest BCUT2D eigenvalue weighted by Crippen LogP contribution is 2.23. The molecule has 7 nitrogen and oxygen atoms in total. The predicted octanol–water partition coefficient (Wildman–Crippen LogP) is 2.32. The van der Waals surface area contributed by atoms with Gasteiger partial charge >= 0.3 is 6.03 Å². The lowest BCUT2D eigenvalue weighted by atomic mass is 10.1. The summed E-state index contributed by atoms with van der Waals surface area (Å²) in [5.41, 5.74) is 2.36. The third-order valence-corrected chi connectivity index (χ3v) is 2.83. The van der Waals surface area contributed by atoms with Crippen LogP contribution in [0.5, 0.6) is 0 Å². The van der Waals surface area contributed by atoms with Crippen LogP contribution in [0.25, 0.3) is 11.5 Å². The average molecular weight is 269 g/mol. The molecule has 0 aliphatic rings. The van der Waals surface area contributed by atoms with Gasteiger partial charge in [-0.1, -0.05) is 6.07 Å². The topological polar surface area (TPSA) is 85.8 Å². The number of imidazole rings is 1. The van der Waals surface area contributed by atoms with Crippen LogP contribution in [0, 0.1) is 6.92 Å². The van der Waals surface area contributed by atoms with Gasteiger partial charge in [-0.15, -0.1) is 10.2 Å². The Labute approximate surface area is 114 Å². The summed E-state index contributed by atoms with van der Waals surface area (Å²) >= 11 is 0. The third kappa shape index (κ3) is 2.28. The van der Waals surface area contributed by atoms with Crippen molar-refractivity contribution in [3.63, 3.8) is 0 Å². The number of aromatic nitrogens is 4. The van der Waals surface area contributed by atoms with Crippen LogP contribution < -0.4 is 5.32 Å². The Morgan fingerprint density at radius 2 is 2.30 bits per heavy atom. The SMILES string of the molecule is Cc1ccc(-c2nnco2)cc1NC(=O)n1ccnc1. The van der Waals surface area contributed by atoms with Gasteiger partial charge < -0.3 is 9.73 Å². The van der Waals surface area contributed by atoms with Crippen LogP contribution in [0.2, 0.25) is 0 Å². The summed E-state index contributed by atoms with van der Waals surface area (Å²) in [5, 5.41) is 10.3. The first-order valence-electron chi connectivity index (χ1n) is 5.90. The van der Waals surface area contributed by atoms with Gasteiger partial charge in [0.15, 0.2) is 0 Å². The molecule has 1 N–H and O–H groups in total. The fraction of sp³-hybridized carbons (Fsp3) is 0.0769. The van der Waals surface area contributed by atoms with Crippen LogP contribution in [0.1, 0.15) is 5.56 Å². The van der Waals surface area contributed by atoms with Crippen molar-refractivity contribution >= 4 is 11.7 Å². The fourth-order valence-corrected chi connectivity index (χ4v) is 1.75. The summed E-state index contributed by atoms with van der Waals surface area (Å²) in [6, 6.07) is 5.24. The van der Waals surface area contributed by atoms with Gasteiger partial charge in [-0.25, -0.2) is 9.78 Å². The molecule has 0 aliphatic carbocycles. The van der Waals surface area contributed by atoms with E-state index >= 15 is 0 Å². The van der Waals surface area contributed by atoms with Gasteiger partial charge in [0.25, 0.3) is 0 Å². The van der Waals surface area contributed by atoms with E-state index in [9.17, 15) is 4.79 Å². The van der Waals surface area contributed by atoms with E-state index in [1.165, 1.54) is 17.3 Å². The van der Waals surface area contributed by atoms with Crippen LogP contribution >= 0.6 is 0 Å². The minimum Gasteiger partial charge on any atom is -0.423 e. The van der Waals surface area contributed by atoms with Gasteiger partial charge in [0, 0.05) is 23.6 Å². The van der Waals surface area contributed by atoms with Crippen LogP contribution in [0.15, 0.2) is 47.7 Å². The first-order valence-corrected chi connectivity index (χ1v) is 5.90. The van der Waals surface area contributed by atoms with Gasteiger partial charge in [0.2, 0.25) is 12.3 Å². The predicted molar refractivity (Wildman–Crippen MR) is 71.1 cm³/mol. The maximum atomic E-state index is 12.0. The molecule has 3 aromatic rings. The fourth-order valence-electron chi connectivity index (χ4n) is 1.75. The number of hydrogen-bond acceptors (Lipinski definition) is 5. The first-order chi connectivity index (χ1) is 9.74. The number of carbonyl (C=O) groups excluding carboxylic acids is 1. The lowest BCUT2D eigenvalue weighted by Gasteiger charge is -2.09. The number of amides is 1. The lowest BCUT2D eigenvalue weighted by Crippen LogP contribution is -2.18. The Morgan fingerprint density at radius 1 is 1.40 bits per heavy atom. The molecule has 0 aliphatic heterocycles. The summed E-state index contributed by atoms with van der Waals surface area (Å²) in [6.07, 6.45) is 5.82. The quantitative estimate of drug-likeness (QED) is 0.771. The van der Waals surface area contributed by atoms with Crippen LogP contribution in [-0.2, 0) is 0 Å². The molecule has 0 bridgehead atoms. The molecule has 7 heteroatoms. The molecule has 0 saturated heterocycles. The van der Waals surface area contributed by atoms with Crippen molar-refractivity contribution in [1.29, 1.82) is 0 Å². The molecule has 0 spiro atoms. The Morgan fingerprint density at radius 3 is 3.00 bits per heavy atom. The standard InChI is InChI=1S/C13H11N5O2/c1-9-2-3-10(12-17-15-8-20-12)6-11(9)16-13(19)18-5-4-14-7-18/h2-8H,1H3,(H,16,19). The zero-order valence-electron chi connectivity index (χ0n) is 10.6. The molecule has 2 heterocycles. The number of carbonyl (C=O) groups is 1. The number of hydrogen-bond donors (Lipinski definition) is 1. The van der Waals surface area contributed by atoms with Gasteiger partial charge in [-0.2, -0.15) is 0 Å². The van der Waals surface area contributed by atoms with E-state index in [-0.39, 0.29) is 6.03 Å². The molecule has 3 rings (SSSR count). The van der Waals surface area contributed by atoms with E-state index in [1.807, 2.05) is 19.1 Å². The van der Waals surface area contributed by atoms with E-state index in [0.29, 0.717) is 11.6 Å². The molecule has 1 aromatic carbocycles. The van der Waals surface area contributed by atoms with Gasteiger partial charge in [0.05, 0.1) is 0 Å². The third-order valence-electron chi connectivity index (χ3n) is 2.83. The molecule has 0 saturated carbocycles. The Balaban J connectivity index is 1.89. The minimum atomic E-state index is -0.284. The molecule has 0 fully saturated rings. The highest BCUT2D eigenvalue weighted by Gasteiger charge is 2.10. The van der Waals surface area contributed by atoms with E-state index in [0.717, 1.165) is 11.1 Å². The summed E-state index contributed by atoms with van der Waals surface area (Å²) in [6.45, 7) is 1.90. The monoisotopic (exact) mass is 269 g/mol. The number of nitrogens with zero attached hydrogens (tertiary/aromatic N) is 4. The smallest absolute Gasteiger partial charge is 0.331 e. The Kier molecular flexibility index (Phi) is 3.00. The van der Waals surface area contributed by atoms with Crippen LogP contribution in [0.3, 0.4) is 0 Å². The summed E-state index contributed by atoms with van der Waals surface area (Å²) < 4.78 is 6.50. The zero-order chi connectivity index (χ0) is 13.9. The van der Waals surface area contributed by atoms with E-state index in [1.54, 1.807) is 18.5 Å². The molecule has 0 radical (unpaired) electrons. The number of anilines is 1. The zero-order valence-corrected chi connectivity index (χ0v) is 10.6. The molecule has 100 valence electrons. The normalized spacial score (nSPS) is 10.4. The van der Waals surface area contributed by atoms with Gasteiger partial charge in [0.1, 0.15) is 6.33 Å². The largest absolute Gasteiger partial charge is 0.423 e. The van der Waals surface area contributed by atoms with E-state index in [2.05, 4.69) is 20.5 Å². The second-order valence-electron chi connectivity index (χ2n) is 4.17. The summed E-state index contributed by atoms with van der Waals surface area (Å²) in [7, 11) is 0. The molecule has 1 amide bonds. The molecule has 20 heavy (non-hydrogen) atoms. The van der Waals surface area contributed by atoms with Crippen molar-refractivity contribution in [2.75, 3.05) is 5.32 Å². The van der Waals surface area contributed by atoms with Crippen LogP contribution in [-0.4, -0.2) is 25.8 Å². The molecular weight excluding hydrogens is 258 g/mol. The molecule has 0 atom stereocenters. The van der Waals surface area contributed by atoms with Gasteiger partial charge in [-0.05, 0) is 24.6 Å². The average Bonchev–Trinajstić information content (AvgIpc) is 3.14. The minimum absolute atomic E-state index is 0.284. The van der Waals surface area contributed by atoms with Crippen molar-refractivity contribution in [2.45, 2.75) is 6.92 Å². The van der Waals surface area contributed by atoms with Crippen molar-refractivity contribution in [3.8, 4) is 11.5 Å². The number of benzene rings is 1. The second kappa shape index (κ2) is 4.96. The summed E-state index contributed by atoms with van der Waals surface area (Å²) in [4.78, 5) is 15.8. The molecule has 0 unspecified atom stereocenters. The highest BCUT2D eigenvalue weighted by molar-refractivity contribution is 5.92. The number of aryl methyl sites for hydroxylation is 1. The Bertz CT molecular complexity index is 719. The number of rotatable bonds is 2. The number of nitrogens with one attached hydrogen (secondary N) is 1. The van der Waals surface area contributed by atoms with Crippen molar-refractivity contribution in [1.82, 2.24) is 19.7 Å². The molecule has 2 aromatic heterocycles. The molecular formula is C13H11N5O2. The van der Waals surface area contributed by atoms with Crippen LogP contribution in [0.4, 0.5) is 10.5 Å². The highest BCUT2D eigenvalue weighted by atomic mass is 16.4. The van der Waals surface area contributed by atoms with Crippen molar-refractivity contribution in [3.05, 3.63) is 48.9 Å². The van der Waals surface area contributed by atoms with Crippen molar-refractivity contribution < 1.29 is 9.21 Å². The summed E-state index contributed by atoms with van der Waals surface area (Å²) in [5.74, 6) is 0.406. The Hall–Kier alpha value is -2.96.